The van der Waals surface area contributed by atoms with Gasteiger partial charge in [-0.1, -0.05) is 32.1 Å². The average Bonchev–Trinajstić information content (AvgIpc) is 2.82. The first kappa shape index (κ1) is 25.1. The number of aromatic nitrogens is 1. The van der Waals surface area contributed by atoms with Crippen LogP contribution in [0.2, 0.25) is 0 Å². The number of methoxy groups -OCH3 is 1. The van der Waals surface area contributed by atoms with Crippen LogP contribution >= 0.6 is 0 Å². The van der Waals surface area contributed by atoms with Gasteiger partial charge in [0.15, 0.2) is 0 Å². The molecule has 1 saturated carbocycles. The molecule has 2 atom stereocenters. The van der Waals surface area contributed by atoms with Gasteiger partial charge in [-0.3, -0.25) is 14.6 Å². The molecule has 1 aliphatic heterocycles. The van der Waals surface area contributed by atoms with Crippen molar-refractivity contribution in [2.24, 2.45) is 5.92 Å². The number of amides is 2. The molecule has 2 heterocycles. The third-order valence-electron chi connectivity index (χ3n) is 6.35. The minimum Gasteiger partial charge on any atom is -0.467 e. The van der Waals surface area contributed by atoms with Crippen molar-refractivity contribution in [3.63, 3.8) is 0 Å². The summed E-state index contributed by atoms with van der Waals surface area (Å²) in [5.74, 6) is -1.21. The van der Waals surface area contributed by atoms with E-state index in [0.717, 1.165) is 42.7 Å². The van der Waals surface area contributed by atoms with Gasteiger partial charge in [0.1, 0.15) is 12.1 Å². The fraction of sp³-hybridized carbons (Fsp3) is 0.636. The van der Waals surface area contributed by atoms with E-state index in [9.17, 15) is 22.8 Å². The van der Waals surface area contributed by atoms with Gasteiger partial charge in [0.2, 0.25) is 15.9 Å². The molecule has 33 heavy (non-hydrogen) atoms. The SMILES string of the molecule is COC(=O)[C@H](CC1CCCCC1)NC(=O)[C@H]1CN(C(=O)c2cccnc2)CCN1S(C)(=O)=O. The van der Waals surface area contributed by atoms with Gasteiger partial charge in [-0.25, -0.2) is 13.2 Å². The average molecular weight is 481 g/mol. The first-order valence-corrected chi connectivity index (χ1v) is 13.1. The maximum Gasteiger partial charge on any atom is 0.328 e. The topological polar surface area (TPSA) is 126 Å². The molecule has 0 aromatic carbocycles. The molecule has 0 radical (unpaired) electrons. The van der Waals surface area contributed by atoms with E-state index in [1.807, 2.05) is 0 Å². The molecule has 2 aliphatic rings. The van der Waals surface area contributed by atoms with Gasteiger partial charge in [-0.05, 0) is 24.5 Å². The molecular formula is C22H32N4O6S. The minimum atomic E-state index is -3.72. The van der Waals surface area contributed by atoms with Crippen LogP contribution < -0.4 is 5.32 Å². The summed E-state index contributed by atoms with van der Waals surface area (Å²) in [6, 6.07) is 1.24. The quantitative estimate of drug-likeness (QED) is 0.572. The monoisotopic (exact) mass is 480 g/mol. The van der Waals surface area contributed by atoms with Crippen molar-refractivity contribution in [1.82, 2.24) is 19.5 Å². The van der Waals surface area contributed by atoms with E-state index in [1.54, 1.807) is 18.3 Å². The van der Waals surface area contributed by atoms with Crippen molar-refractivity contribution in [3.05, 3.63) is 30.1 Å². The second kappa shape index (κ2) is 11.1. The molecule has 2 amide bonds. The number of hydrogen-bond donors (Lipinski definition) is 1. The van der Waals surface area contributed by atoms with E-state index in [1.165, 1.54) is 18.2 Å². The van der Waals surface area contributed by atoms with Crippen LogP contribution in [-0.4, -0.2) is 85.5 Å². The zero-order valence-electron chi connectivity index (χ0n) is 19.1. The maximum absolute atomic E-state index is 13.3. The normalized spacial score (nSPS) is 21.3. The summed E-state index contributed by atoms with van der Waals surface area (Å²) in [6.45, 7) is 0.00543. The molecule has 10 nitrogen and oxygen atoms in total. The summed E-state index contributed by atoms with van der Waals surface area (Å²) in [6.07, 6.45) is 9.76. The van der Waals surface area contributed by atoms with Gasteiger partial charge >= 0.3 is 5.97 Å². The summed E-state index contributed by atoms with van der Waals surface area (Å²) < 4.78 is 30.7. The highest BCUT2D eigenvalue weighted by Crippen LogP contribution is 2.28. The smallest absolute Gasteiger partial charge is 0.328 e. The van der Waals surface area contributed by atoms with Crippen LogP contribution in [-0.2, 0) is 24.3 Å². The zero-order chi connectivity index (χ0) is 24.0. The van der Waals surface area contributed by atoms with Crippen molar-refractivity contribution in [2.45, 2.75) is 50.6 Å². The molecule has 0 bridgehead atoms. The van der Waals surface area contributed by atoms with Crippen LogP contribution in [0.15, 0.2) is 24.5 Å². The Labute approximate surface area is 194 Å². The van der Waals surface area contributed by atoms with E-state index in [0.29, 0.717) is 17.9 Å². The molecule has 1 aliphatic carbocycles. The molecule has 182 valence electrons. The summed E-state index contributed by atoms with van der Waals surface area (Å²) in [5.41, 5.74) is 0.356. The number of nitrogens with one attached hydrogen (secondary N) is 1. The van der Waals surface area contributed by atoms with Gasteiger partial charge < -0.3 is 15.0 Å². The summed E-state index contributed by atoms with van der Waals surface area (Å²) in [7, 11) is -2.45. The van der Waals surface area contributed by atoms with Crippen molar-refractivity contribution >= 4 is 27.8 Å². The molecule has 0 unspecified atom stereocenters. The number of sulfonamides is 1. The fourth-order valence-corrected chi connectivity index (χ4v) is 5.65. The molecule has 2 fully saturated rings. The van der Waals surface area contributed by atoms with Gasteiger partial charge in [0.25, 0.3) is 5.91 Å². The first-order valence-electron chi connectivity index (χ1n) is 11.2. The van der Waals surface area contributed by atoms with E-state index in [-0.39, 0.29) is 25.5 Å². The van der Waals surface area contributed by atoms with Crippen LogP contribution in [0, 0.1) is 5.92 Å². The fourth-order valence-electron chi connectivity index (χ4n) is 4.61. The highest BCUT2D eigenvalue weighted by Gasteiger charge is 2.40. The van der Waals surface area contributed by atoms with Crippen LogP contribution in [0.4, 0.5) is 0 Å². The van der Waals surface area contributed by atoms with Crippen molar-refractivity contribution in [2.75, 3.05) is 33.0 Å². The lowest BCUT2D eigenvalue weighted by molar-refractivity contribution is -0.146. The number of hydrogen-bond acceptors (Lipinski definition) is 7. The summed E-state index contributed by atoms with van der Waals surface area (Å²) in [5, 5.41) is 2.72. The number of carbonyl (C=O) groups is 3. The second-order valence-electron chi connectivity index (χ2n) is 8.71. The molecule has 1 aromatic rings. The Bertz CT molecular complexity index is 949. The highest BCUT2D eigenvalue weighted by molar-refractivity contribution is 7.88. The third kappa shape index (κ3) is 6.50. The highest BCUT2D eigenvalue weighted by atomic mass is 32.2. The molecule has 1 aromatic heterocycles. The second-order valence-corrected chi connectivity index (χ2v) is 10.6. The van der Waals surface area contributed by atoms with Crippen LogP contribution in [0.1, 0.15) is 48.9 Å². The Morgan fingerprint density at radius 3 is 2.55 bits per heavy atom. The number of esters is 1. The van der Waals surface area contributed by atoms with E-state index in [4.69, 9.17) is 4.74 Å². The third-order valence-corrected chi connectivity index (χ3v) is 7.64. The van der Waals surface area contributed by atoms with Crippen LogP contribution in [0.3, 0.4) is 0 Å². The van der Waals surface area contributed by atoms with Gasteiger partial charge in [-0.15, -0.1) is 0 Å². The summed E-state index contributed by atoms with van der Waals surface area (Å²) in [4.78, 5) is 43.9. The van der Waals surface area contributed by atoms with Crippen molar-refractivity contribution in [3.8, 4) is 0 Å². The lowest BCUT2D eigenvalue weighted by Crippen LogP contribution is -2.62. The predicted molar refractivity (Wildman–Crippen MR) is 121 cm³/mol. The van der Waals surface area contributed by atoms with E-state index >= 15 is 0 Å². The lowest BCUT2D eigenvalue weighted by Gasteiger charge is -2.39. The number of piperazine rings is 1. The molecule has 1 N–H and O–H groups in total. The molecule has 0 spiro atoms. The van der Waals surface area contributed by atoms with Crippen molar-refractivity contribution < 1.29 is 27.5 Å². The van der Waals surface area contributed by atoms with Gasteiger partial charge in [0, 0.05) is 32.0 Å². The number of ether oxygens (including phenoxy) is 1. The molecule has 11 heteroatoms. The van der Waals surface area contributed by atoms with E-state index in [2.05, 4.69) is 10.3 Å². The Morgan fingerprint density at radius 1 is 1.21 bits per heavy atom. The first-order chi connectivity index (χ1) is 15.7. The predicted octanol–water partition coefficient (Wildman–Crippen LogP) is 0.796. The standard InChI is InChI=1S/C22H32N4O6S/c1-32-22(29)18(13-16-7-4-3-5-8-16)24-20(27)19-15-25(11-12-26(19)33(2,30)31)21(28)17-9-6-10-23-14-17/h6,9-10,14,16,18-19H,3-5,7-8,11-13,15H2,1-2H3,(H,24,27)/t18-,19+/m0/s1. The number of rotatable bonds is 7. The Balaban J connectivity index is 1.77. The van der Waals surface area contributed by atoms with Gasteiger partial charge in [-0.2, -0.15) is 4.31 Å². The maximum atomic E-state index is 13.3. The number of pyridine rings is 1. The number of carbonyl (C=O) groups excluding carboxylic acids is 3. The van der Waals surface area contributed by atoms with Crippen LogP contribution in [0.5, 0.6) is 0 Å². The summed E-state index contributed by atoms with van der Waals surface area (Å²) >= 11 is 0. The van der Waals surface area contributed by atoms with Crippen LogP contribution in [0.25, 0.3) is 0 Å². The van der Waals surface area contributed by atoms with Gasteiger partial charge in [0.05, 0.1) is 18.9 Å². The Hall–Kier alpha value is -2.53. The zero-order valence-corrected chi connectivity index (χ0v) is 19.9. The minimum absolute atomic E-state index is 0.0194. The number of nitrogens with zero attached hydrogens (tertiary/aromatic N) is 3. The van der Waals surface area contributed by atoms with E-state index < -0.39 is 34.0 Å². The van der Waals surface area contributed by atoms with Crippen molar-refractivity contribution in [1.29, 1.82) is 0 Å². The Morgan fingerprint density at radius 2 is 1.94 bits per heavy atom. The lowest BCUT2D eigenvalue weighted by atomic mass is 9.84. The molecular weight excluding hydrogens is 448 g/mol. The molecule has 1 saturated heterocycles. The molecule has 3 rings (SSSR count). The largest absolute Gasteiger partial charge is 0.467 e. The Kier molecular flexibility index (Phi) is 8.41.